The van der Waals surface area contributed by atoms with Gasteiger partial charge in [0, 0.05) is 24.0 Å². The minimum absolute atomic E-state index is 0.0277. The molecule has 0 aliphatic rings. The van der Waals surface area contributed by atoms with Crippen LogP contribution >= 0.6 is 11.6 Å². The number of benzene rings is 3. The number of carbonyl (C=O) groups is 2. The lowest BCUT2D eigenvalue weighted by atomic mass is 10.0. The molecule has 0 radical (unpaired) electrons. The second-order valence-electron chi connectivity index (χ2n) is 8.44. The molecule has 0 spiro atoms. The van der Waals surface area contributed by atoms with Crippen molar-refractivity contribution in [3.8, 4) is 0 Å². The van der Waals surface area contributed by atoms with Crippen LogP contribution in [0, 0.1) is 5.82 Å². The van der Waals surface area contributed by atoms with E-state index in [-0.39, 0.29) is 36.6 Å². The third-order valence-electron chi connectivity index (χ3n) is 5.84. The zero-order valence-electron chi connectivity index (χ0n) is 19.5. The van der Waals surface area contributed by atoms with E-state index in [1.54, 1.807) is 23.1 Å². The zero-order chi connectivity index (χ0) is 24.5. The van der Waals surface area contributed by atoms with E-state index in [0.29, 0.717) is 17.0 Å². The molecule has 0 fully saturated rings. The number of nitrogens with one attached hydrogen (secondary N) is 1. The summed E-state index contributed by atoms with van der Waals surface area (Å²) in [4.78, 5) is 28.7. The molecule has 3 rings (SSSR count). The summed E-state index contributed by atoms with van der Waals surface area (Å²) in [5.41, 5.74) is 2.38. The average Bonchev–Trinajstić information content (AvgIpc) is 2.84. The van der Waals surface area contributed by atoms with Gasteiger partial charge < -0.3 is 10.2 Å². The van der Waals surface area contributed by atoms with Gasteiger partial charge in [0.25, 0.3) is 0 Å². The SMILES string of the molecule is CC[C@H](C)NC(=O)[C@H](Cc1ccccc1)N(Cc1ccccc1Cl)C(=O)Cc1ccc(F)cc1. The Bertz CT molecular complexity index is 1090. The molecule has 3 aromatic carbocycles. The summed E-state index contributed by atoms with van der Waals surface area (Å²) in [7, 11) is 0. The van der Waals surface area contributed by atoms with Gasteiger partial charge in [-0.05, 0) is 48.2 Å². The first kappa shape index (κ1) is 25.4. The van der Waals surface area contributed by atoms with Crippen LogP contribution in [-0.4, -0.2) is 28.8 Å². The standard InChI is InChI=1S/C28H30ClFN2O2/c1-3-20(2)31-28(34)26(17-21-9-5-4-6-10-21)32(19-23-11-7-8-12-25(23)29)27(33)18-22-13-15-24(30)16-14-22/h4-16,20,26H,3,17-19H2,1-2H3,(H,31,34)/t20-,26-/m0/s1. The molecule has 0 heterocycles. The summed E-state index contributed by atoms with van der Waals surface area (Å²) in [5, 5.41) is 3.57. The van der Waals surface area contributed by atoms with E-state index in [9.17, 15) is 14.0 Å². The highest BCUT2D eigenvalue weighted by Crippen LogP contribution is 2.21. The Morgan fingerprint density at radius 1 is 0.941 bits per heavy atom. The molecule has 1 N–H and O–H groups in total. The van der Waals surface area contributed by atoms with Gasteiger partial charge in [0.2, 0.25) is 11.8 Å². The predicted octanol–water partition coefficient (Wildman–Crippen LogP) is 5.58. The smallest absolute Gasteiger partial charge is 0.243 e. The van der Waals surface area contributed by atoms with Crippen LogP contribution in [0.2, 0.25) is 5.02 Å². The number of hydrogen-bond donors (Lipinski definition) is 1. The van der Waals surface area contributed by atoms with Gasteiger partial charge in [0.15, 0.2) is 0 Å². The molecular weight excluding hydrogens is 451 g/mol. The lowest BCUT2D eigenvalue weighted by Gasteiger charge is -2.32. The number of amides is 2. The molecule has 0 bridgehead atoms. The lowest BCUT2D eigenvalue weighted by molar-refractivity contribution is -0.141. The first-order valence-electron chi connectivity index (χ1n) is 11.5. The molecular formula is C28H30ClFN2O2. The molecule has 0 saturated carbocycles. The first-order chi connectivity index (χ1) is 16.4. The van der Waals surface area contributed by atoms with Crippen LogP contribution in [-0.2, 0) is 29.0 Å². The summed E-state index contributed by atoms with van der Waals surface area (Å²) in [5.74, 6) is -0.802. The minimum atomic E-state index is -0.736. The highest BCUT2D eigenvalue weighted by Gasteiger charge is 2.31. The fraction of sp³-hybridized carbons (Fsp3) is 0.286. The number of hydrogen-bond acceptors (Lipinski definition) is 2. The normalized spacial score (nSPS) is 12.6. The molecule has 34 heavy (non-hydrogen) atoms. The zero-order valence-corrected chi connectivity index (χ0v) is 20.3. The van der Waals surface area contributed by atoms with Gasteiger partial charge in [-0.15, -0.1) is 0 Å². The number of halogens is 2. The largest absolute Gasteiger partial charge is 0.352 e. The van der Waals surface area contributed by atoms with Crippen LogP contribution in [0.5, 0.6) is 0 Å². The maximum atomic E-state index is 13.6. The van der Waals surface area contributed by atoms with Crippen molar-refractivity contribution in [3.63, 3.8) is 0 Å². The Hall–Kier alpha value is -3.18. The Morgan fingerprint density at radius 2 is 1.59 bits per heavy atom. The molecule has 4 nitrogen and oxygen atoms in total. The minimum Gasteiger partial charge on any atom is -0.352 e. The van der Waals surface area contributed by atoms with E-state index in [2.05, 4.69) is 5.32 Å². The van der Waals surface area contributed by atoms with Crippen LogP contribution < -0.4 is 5.32 Å². The van der Waals surface area contributed by atoms with E-state index < -0.39 is 6.04 Å². The quantitative estimate of drug-likeness (QED) is 0.412. The van der Waals surface area contributed by atoms with Gasteiger partial charge in [0.05, 0.1) is 6.42 Å². The molecule has 0 aromatic heterocycles. The summed E-state index contributed by atoms with van der Waals surface area (Å²) in [6.45, 7) is 4.12. The van der Waals surface area contributed by atoms with Crippen molar-refractivity contribution in [3.05, 3.63) is 106 Å². The van der Waals surface area contributed by atoms with Crippen molar-refractivity contribution in [1.29, 1.82) is 0 Å². The maximum Gasteiger partial charge on any atom is 0.243 e. The Labute approximate surface area is 205 Å². The van der Waals surface area contributed by atoms with Gasteiger partial charge >= 0.3 is 0 Å². The Kier molecular flexibility index (Phi) is 9.23. The van der Waals surface area contributed by atoms with E-state index in [0.717, 1.165) is 17.5 Å². The Morgan fingerprint density at radius 3 is 2.24 bits per heavy atom. The molecule has 0 saturated heterocycles. The van der Waals surface area contributed by atoms with Crippen LogP contribution in [0.25, 0.3) is 0 Å². The summed E-state index contributed by atoms with van der Waals surface area (Å²) in [6.07, 6.45) is 1.19. The lowest BCUT2D eigenvalue weighted by Crippen LogP contribution is -2.52. The molecule has 178 valence electrons. The monoisotopic (exact) mass is 480 g/mol. The second kappa shape index (κ2) is 12.3. The van der Waals surface area contributed by atoms with Crippen molar-refractivity contribution < 1.29 is 14.0 Å². The first-order valence-corrected chi connectivity index (χ1v) is 11.9. The third-order valence-corrected chi connectivity index (χ3v) is 6.21. The van der Waals surface area contributed by atoms with E-state index in [1.807, 2.05) is 62.4 Å². The molecule has 6 heteroatoms. The van der Waals surface area contributed by atoms with Crippen LogP contribution in [0.15, 0.2) is 78.9 Å². The van der Waals surface area contributed by atoms with Gasteiger partial charge in [-0.25, -0.2) is 4.39 Å². The maximum absolute atomic E-state index is 13.6. The topological polar surface area (TPSA) is 49.4 Å². The van der Waals surface area contributed by atoms with E-state index >= 15 is 0 Å². The number of nitrogens with zero attached hydrogens (tertiary/aromatic N) is 1. The van der Waals surface area contributed by atoms with Crippen LogP contribution in [0.4, 0.5) is 4.39 Å². The average molecular weight is 481 g/mol. The fourth-order valence-electron chi connectivity index (χ4n) is 3.68. The van der Waals surface area contributed by atoms with Crippen LogP contribution in [0.1, 0.15) is 37.0 Å². The number of rotatable bonds is 10. The van der Waals surface area contributed by atoms with Crippen molar-refractivity contribution >= 4 is 23.4 Å². The van der Waals surface area contributed by atoms with Gasteiger partial charge in [-0.3, -0.25) is 9.59 Å². The predicted molar refractivity (Wildman–Crippen MR) is 134 cm³/mol. The summed E-state index contributed by atoms with van der Waals surface area (Å²) >= 11 is 6.42. The number of carbonyl (C=O) groups excluding carboxylic acids is 2. The fourth-order valence-corrected chi connectivity index (χ4v) is 3.88. The molecule has 0 unspecified atom stereocenters. The highest BCUT2D eigenvalue weighted by atomic mass is 35.5. The molecule has 0 aliphatic carbocycles. The van der Waals surface area contributed by atoms with Gasteiger partial charge in [0.1, 0.15) is 11.9 Å². The third kappa shape index (κ3) is 7.16. The van der Waals surface area contributed by atoms with E-state index in [4.69, 9.17) is 11.6 Å². The van der Waals surface area contributed by atoms with Crippen molar-refractivity contribution in [1.82, 2.24) is 10.2 Å². The van der Waals surface area contributed by atoms with Crippen molar-refractivity contribution in [2.75, 3.05) is 0 Å². The summed E-state index contributed by atoms with van der Waals surface area (Å²) in [6, 6.07) is 22.0. The Balaban J connectivity index is 1.97. The molecule has 2 amide bonds. The van der Waals surface area contributed by atoms with Gasteiger partial charge in [-0.1, -0.05) is 79.2 Å². The highest BCUT2D eigenvalue weighted by molar-refractivity contribution is 6.31. The van der Waals surface area contributed by atoms with Crippen molar-refractivity contribution in [2.24, 2.45) is 0 Å². The summed E-state index contributed by atoms with van der Waals surface area (Å²) < 4.78 is 13.4. The van der Waals surface area contributed by atoms with E-state index in [1.165, 1.54) is 12.1 Å². The van der Waals surface area contributed by atoms with Crippen LogP contribution in [0.3, 0.4) is 0 Å². The second-order valence-corrected chi connectivity index (χ2v) is 8.85. The molecule has 0 aliphatic heterocycles. The molecule has 3 aromatic rings. The van der Waals surface area contributed by atoms with Crippen molar-refractivity contribution in [2.45, 2.75) is 51.7 Å². The van der Waals surface area contributed by atoms with Gasteiger partial charge in [-0.2, -0.15) is 0 Å². The molecule has 2 atom stereocenters.